The lowest BCUT2D eigenvalue weighted by atomic mass is 9.98. The van der Waals surface area contributed by atoms with E-state index in [-0.39, 0.29) is 6.61 Å². The predicted octanol–water partition coefficient (Wildman–Crippen LogP) is -0.459. The maximum atomic E-state index is 11.3. The number of aliphatic hydroxyl groups excluding tert-OH is 2. The summed E-state index contributed by atoms with van der Waals surface area (Å²) in [4.78, 5) is 9.89. The number of esters is 1. The highest BCUT2D eigenvalue weighted by molar-refractivity contribution is 6.52. The van der Waals surface area contributed by atoms with Gasteiger partial charge in [0.05, 0.1) is 6.61 Å². The van der Waals surface area contributed by atoms with Crippen molar-refractivity contribution < 1.29 is 34.0 Å². The zero-order chi connectivity index (χ0) is 14.2. The molecule has 0 spiro atoms. The Labute approximate surface area is 119 Å². The molecule has 0 bridgehead atoms. The summed E-state index contributed by atoms with van der Waals surface area (Å²) in [6.07, 6.45) is -6.03. The number of aliphatic hydroxyl groups is 2. The topological polar surface area (TPSA) is 94.5 Å². The van der Waals surface area contributed by atoms with Gasteiger partial charge in [0.25, 0.3) is 0 Å². The van der Waals surface area contributed by atoms with Gasteiger partial charge in [-0.05, 0) is 6.92 Å². The molecule has 1 unspecified atom stereocenters. The van der Waals surface area contributed by atoms with Gasteiger partial charge < -0.3 is 29.2 Å². The number of fused-ring (bicyclic) bond motifs is 1. The number of alkyl halides is 2. The molecule has 2 N–H and O–H groups in total. The fourth-order valence-electron chi connectivity index (χ4n) is 2.02. The van der Waals surface area contributed by atoms with Crippen molar-refractivity contribution in [3.63, 3.8) is 0 Å². The standard InChI is InChI=1S/C10H14Cl2O7/c1-3-16-2-4-6(17-3)5(13)7(9(14)18-4)19-10(15)8(11)12/h3-9,13-14H,2H2,1H3/t3-,4-,5+,6-,7-,9?/m1/s1. The first-order valence-corrected chi connectivity index (χ1v) is 6.54. The quantitative estimate of drug-likeness (QED) is 0.526. The van der Waals surface area contributed by atoms with Crippen LogP contribution in [0.3, 0.4) is 0 Å². The maximum Gasteiger partial charge on any atom is 0.340 e. The largest absolute Gasteiger partial charge is 0.452 e. The third-order valence-corrected chi connectivity index (χ3v) is 3.27. The molecule has 0 aromatic rings. The van der Waals surface area contributed by atoms with Crippen LogP contribution in [0, 0.1) is 0 Å². The molecule has 0 aliphatic carbocycles. The van der Waals surface area contributed by atoms with Crippen molar-refractivity contribution in [2.24, 2.45) is 0 Å². The molecule has 7 nitrogen and oxygen atoms in total. The SMILES string of the molecule is C[C@@H]1OC[C@H]2OC(O)[C@H](OC(=O)C(Cl)Cl)[C@@H](O)[C@@H]2O1. The summed E-state index contributed by atoms with van der Waals surface area (Å²) in [6.45, 7) is 1.82. The second-order valence-electron chi connectivity index (χ2n) is 4.26. The van der Waals surface area contributed by atoms with Crippen LogP contribution < -0.4 is 0 Å². The van der Waals surface area contributed by atoms with Crippen LogP contribution in [0.5, 0.6) is 0 Å². The maximum absolute atomic E-state index is 11.3. The molecule has 0 aromatic carbocycles. The molecule has 2 aliphatic heterocycles. The summed E-state index contributed by atoms with van der Waals surface area (Å²) in [5.74, 6) is -0.978. The van der Waals surface area contributed by atoms with Crippen LogP contribution >= 0.6 is 23.2 Å². The highest BCUT2D eigenvalue weighted by Crippen LogP contribution is 2.29. The second kappa shape index (κ2) is 6.09. The van der Waals surface area contributed by atoms with E-state index in [1.807, 2.05) is 0 Å². The van der Waals surface area contributed by atoms with Crippen molar-refractivity contribution in [1.82, 2.24) is 0 Å². The van der Waals surface area contributed by atoms with Crippen LogP contribution in [0.1, 0.15) is 6.92 Å². The smallest absolute Gasteiger partial charge is 0.340 e. The van der Waals surface area contributed by atoms with Crippen molar-refractivity contribution >= 4 is 29.2 Å². The Bertz CT molecular complexity index is 340. The molecule has 2 saturated heterocycles. The number of hydrogen-bond donors (Lipinski definition) is 2. The van der Waals surface area contributed by atoms with Crippen molar-refractivity contribution in [2.45, 2.75) is 48.8 Å². The van der Waals surface area contributed by atoms with Gasteiger partial charge in [0.15, 0.2) is 18.7 Å². The zero-order valence-corrected chi connectivity index (χ0v) is 11.5. The Morgan fingerprint density at radius 2 is 2.05 bits per heavy atom. The summed E-state index contributed by atoms with van der Waals surface area (Å²) in [5.41, 5.74) is 0. The number of ether oxygens (including phenoxy) is 4. The van der Waals surface area contributed by atoms with Gasteiger partial charge in [-0.25, -0.2) is 4.79 Å². The Balaban J connectivity index is 2.06. The average molecular weight is 317 g/mol. The number of halogens is 2. The average Bonchev–Trinajstić information content (AvgIpc) is 2.35. The lowest BCUT2D eigenvalue weighted by Crippen LogP contribution is -2.63. The highest BCUT2D eigenvalue weighted by Gasteiger charge is 2.50. The summed E-state index contributed by atoms with van der Waals surface area (Å²) >= 11 is 10.7. The molecule has 19 heavy (non-hydrogen) atoms. The van der Waals surface area contributed by atoms with E-state index >= 15 is 0 Å². The van der Waals surface area contributed by atoms with E-state index in [4.69, 9.17) is 42.1 Å². The molecule has 0 saturated carbocycles. The predicted molar refractivity (Wildman–Crippen MR) is 62.5 cm³/mol. The normalized spacial score (nSPS) is 42.8. The van der Waals surface area contributed by atoms with Crippen LogP contribution in [0.15, 0.2) is 0 Å². The molecule has 0 radical (unpaired) electrons. The molecular weight excluding hydrogens is 303 g/mol. The van der Waals surface area contributed by atoms with Crippen molar-refractivity contribution in [2.75, 3.05) is 6.61 Å². The van der Waals surface area contributed by atoms with Crippen LogP contribution in [0.2, 0.25) is 0 Å². The van der Waals surface area contributed by atoms with E-state index in [0.717, 1.165) is 0 Å². The second-order valence-corrected chi connectivity index (χ2v) is 5.36. The summed E-state index contributed by atoms with van der Waals surface area (Å²) < 4.78 is 20.5. The molecular formula is C10H14Cl2O7. The van der Waals surface area contributed by atoms with Crippen molar-refractivity contribution in [3.05, 3.63) is 0 Å². The molecule has 2 aliphatic rings. The Morgan fingerprint density at radius 1 is 1.37 bits per heavy atom. The number of carbonyl (C=O) groups excluding carboxylic acids is 1. The lowest BCUT2D eigenvalue weighted by Gasteiger charge is -2.45. The molecule has 2 rings (SSSR count). The van der Waals surface area contributed by atoms with Gasteiger partial charge in [0.2, 0.25) is 4.84 Å². The number of hydrogen-bond acceptors (Lipinski definition) is 7. The van der Waals surface area contributed by atoms with E-state index in [1.54, 1.807) is 6.92 Å². The number of rotatable bonds is 2. The van der Waals surface area contributed by atoms with Crippen LogP contribution in [-0.4, -0.2) is 64.6 Å². The summed E-state index contributed by atoms with van der Waals surface area (Å²) in [6, 6.07) is 0. The highest BCUT2D eigenvalue weighted by atomic mass is 35.5. The van der Waals surface area contributed by atoms with Gasteiger partial charge >= 0.3 is 5.97 Å². The van der Waals surface area contributed by atoms with E-state index in [9.17, 15) is 15.0 Å². The zero-order valence-electron chi connectivity index (χ0n) is 9.94. The van der Waals surface area contributed by atoms with E-state index < -0.39 is 47.8 Å². The fourth-order valence-corrected chi connectivity index (χ4v) is 2.12. The molecule has 110 valence electrons. The van der Waals surface area contributed by atoms with Gasteiger partial charge in [0.1, 0.15) is 18.3 Å². The van der Waals surface area contributed by atoms with E-state index in [2.05, 4.69) is 0 Å². The minimum atomic E-state index is -1.51. The van der Waals surface area contributed by atoms with Gasteiger partial charge in [-0.2, -0.15) is 0 Å². The van der Waals surface area contributed by atoms with Gasteiger partial charge in [0, 0.05) is 0 Å². The van der Waals surface area contributed by atoms with Crippen LogP contribution in [0.25, 0.3) is 0 Å². The first-order chi connectivity index (χ1) is 8.90. The van der Waals surface area contributed by atoms with Crippen LogP contribution in [0.4, 0.5) is 0 Å². The van der Waals surface area contributed by atoms with Gasteiger partial charge in [-0.3, -0.25) is 0 Å². The van der Waals surface area contributed by atoms with E-state index in [0.29, 0.717) is 0 Å². The summed E-state index contributed by atoms with van der Waals surface area (Å²) in [7, 11) is 0. The van der Waals surface area contributed by atoms with E-state index in [1.165, 1.54) is 0 Å². The van der Waals surface area contributed by atoms with Gasteiger partial charge in [-0.15, -0.1) is 0 Å². The Morgan fingerprint density at radius 3 is 2.68 bits per heavy atom. The van der Waals surface area contributed by atoms with Crippen LogP contribution in [-0.2, 0) is 23.7 Å². The molecule has 9 heteroatoms. The Hall–Kier alpha value is -0.150. The number of carbonyl (C=O) groups is 1. The molecule has 2 heterocycles. The molecule has 0 amide bonds. The summed E-state index contributed by atoms with van der Waals surface area (Å²) in [5, 5.41) is 19.8. The Kier molecular flexibility index (Phi) is 4.88. The minimum absolute atomic E-state index is 0.161. The third kappa shape index (κ3) is 3.30. The molecule has 2 fully saturated rings. The first kappa shape index (κ1) is 15.2. The third-order valence-electron chi connectivity index (χ3n) is 2.91. The van der Waals surface area contributed by atoms with Crippen molar-refractivity contribution in [3.8, 4) is 0 Å². The lowest BCUT2D eigenvalue weighted by molar-refractivity contribution is -0.349. The first-order valence-electron chi connectivity index (χ1n) is 5.67. The van der Waals surface area contributed by atoms with Crippen molar-refractivity contribution in [1.29, 1.82) is 0 Å². The fraction of sp³-hybridized carbons (Fsp3) is 0.900. The molecule has 0 aromatic heterocycles. The minimum Gasteiger partial charge on any atom is -0.452 e. The molecule has 6 atom stereocenters. The van der Waals surface area contributed by atoms with Gasteiger partial charge in [-0.1, -0.05) is 23.2 Å². The monoisotopic (exact) mass is 316 g/mol.